The Labute approximate surface area is 134 Å². The maximum absolute atomic E-state index is 11.8. The number of Topliss-reactive ketones (excluding diaryl/α,β-unsaturated/α-hetero) is 1. The number of hydrogen-bond donors (Lipinski definition) is 0. The highest BCUT2D eigenvalue weighted by Crippen LogP contribution is 2.24. The van der Waals surface area contributed by atoms with E-state index in [4.69, 9.17) is 4.74 Å². The fourth-order valence-corrected chi connectivity index (χ4v) is 3.27. The van der Waals surface area contributed by atoms with Crippen LogP contribution in [-0.2, 0) is 11.2 Å². The van der Waals surface area contributed by atoms with Crippen LogP contribution in [0, 0.1) is 11.8 Å². The second-order valence-corrected chi connectivity index (χ2v) is 6.88. The Bertz CT molecular complexity index is 476. The molecule has 0 aliphatic heterocycles. The minimum atomic E-state index is 0.0423. The van der Waals surface area contributed by atoms with Gasteiger partial charge in [-0.25, -0.2) is 0 Å². The van der Waals surface area contributed by atoms with Gasteiger partial charge < -0.3 is 4.74 Å². The highest BCUT2D eigenvalue weighted by atomic mass is 16.5. The molecule has 3 heteroatoms. The van der Waals surface area contributed by atoms with Gasteiger partial charge in [-0.1, -0.05) is 26.7 Å². The van der Waals surface area contributed by atoms with Crippen LogP contribution >= 0.6 is 0 Å². The van der Waals surface area contributed by atoms with Gasteiger partial charge in [0.1, 0.15) is 11.5 Å². The van der Waals surface area contributed by atoms with Crippen LogP contribution in [0.3, 0.4) is 0 Å². The number of rotatable bonds is 6. The minimum Gasteiger partial charge on any atom is -0.490 e. The number of carbonyl (C=O) groups excluding carboxylic acids is 1. The van der Waals surface area contributed by atoms with E-state index < -0.39 is 0 Å². The van der Waals surface area contributed by atoms with Gasteiger partial charge in [0.25, 0.3) is 0 Å². The zero-order valence-corrected chi connectivity index (χ0v) is 14.2. The third-order valence-electron chi connectivity index (χ3n) is 4.65. The van der Waals surface area contributed by atoms with Gasteiger partial charge in [-0.15, -0.1) is 0 Å². The van der Waals surface area contributed by atoms with Crippen molar-refractivity contribution in [3.8, 4) is 5.75 Å². The quantitative estimate of drug-likeness (QED) is 0.722. The molecule has 1 atom stereocenters. The molecular formula is C19H29NO2. The number of ether oxygens (including phenoxy) is 1. The fourth-order valence-electron chi connectivity index (χ4n) is 3.27. The van der Waals surface area contributed by atoms with E-state index in [9.17, 15) is 4.79 Å². The van der Waals surface area contributed by atoms with E-state index in [2.05, 4.69) is 18.8 Å². The van der Waals surface area contributed by atoms with Crippen molar-refractivity contribution in [1.82, 2.24) is 4.98 Å². The minimum absolute atomic E-state index is 0.0423. The van der Waals surface area contributed by atoms with E-state index in [0.717, 1.165) is 24.3 Å². The van der Waals surface area contributed by atoms with Crippen LogP contribution in [0.2, 0.25) is 0 Å². The molecule has 1 aromatic rings. The number of aromatic nitrogens is 1. The summed E-state index contributed by atoms with van der Waals surface area (Å²) >= 11 is 0. The predicted molar refractivity (Wildman–Crippen MR) is 89.1 cm³/mol. The Kier molecular flexibility index (Phi) is 6.41. The summed E-state index contributed by atoms with van der Waals surface area (Å²) in [5.74, 6) is 1.53. The van der Waals surface area contributed by atoms with E-state index >= 15 is 0 Å². The van der Waals surface area contributed by atoms with E-state index in [1.54, 1.807) is 13.1 Å². The van der Waals surface area contributed by atoms with Gasteiger partial charge in [-0.05, 0) is 51.0 Å². The maximum atomic E-state index is 11.8. The summed E-state index contributed by atoms with van der Waals surface area (Å²) in [6.45, 7) is 5.87. The molecule has 1 aromatic heterocycles. The Morgan fingerprint density at radius 2 is 1.95 bits per heavy atom. The van der Waals surface area contributed by atoms with Gasteiger partial charge in [0.2, 0.25) is 0 Å². The zero-order valence-electron chi connectivity index (χ0n) is 14.2. The summed E-state index contributed by atoms with van der Waals surface area (Å²) in [5.41, 5.74) is 0.958. The highest BCUT2D eigenvalue weighted by Gasteiger charge is 2.20. The molecule has 0 N–H and O–H groups in total. The average Bonchev–Trinajstić information content (AvgIpc) is 2.73. The van der Waals surface area contributed by atoms with Crippen LogP contribution in [0.25, 0.3) is 0 Å². The van der Waals surface area contributed by atoms with Crippen molar-refractivity contribution in [3.05, 3.63) is 24.0 Å². The lowest BCUT2D eigenvalue weighted by atomic mass is 9.88. The van der Waals surface area contributed by atoms with E-state index in [-0.39, 0.29) is 11.7 Å². The number of carbonyl (C=O) groups is 1. The molecule has 0 radical (unpaired) electrons. The lowest BCUT2D eigenvalue weighted by Crippen LogP contribution is -2.21. The van der Waals surface area contributed by atoms with E-state index in [0.29, 0.717) is 18.4 Å². The van der Waals surface area contributed by atoms with Crippen molar-refractivity contribution in [2.24, 2.45) is 11.8 Å². The predicted octanol–water partition coefficient (Wildman–Crippen LogP) is 4.59. The molecule has 0 aromatic carbocycles. The first-order chi connectivity index (χ1) is 10.6. The van der Waals surface area contributed by atoms with Crippen molar-refractivity contribution < 1.29 is 9.53 Å². The number of pyridine rings is 1. The van der Waals surface area contributed by atoms with Crippen LogP contribution in [0.15, 0.2) is 18.3 Å². The smallest absolute Gasteiger partial charge is 0.133 e. The molecule has 1 fully saturated rings. The van der Waals surface area contributed by atoms with Gasteiger partial charge in [0.15, 0.2) is 0 Å². The molecule has 3 nitrogen and oxygen atoms in total. The lowest BCUT2D eigenvalue weighted by molar-refractivity contribution is -0.121. The summed E-state index contributed by atoms with van der Waals surface area (Å²) in [4.78, 5) is 16.2. The Hall–Kier alpha value is -1.38. The second kappa shape index (κ2) is 8.30. The SMILES string of the molecule is CC(=O)C(Cc1cc(OC2CCCCCC2)ccn1)C(C)C. The monoisotopic (exact) mass is 303 g/mol. The first-order valence-electron chi connectivity index (χ1n) is 8.68. The summed E-state index contributed by atoms with van der Waals surface area (Å²) in [6.07, 6.45) is 10.3. The largest absolute Gasteiger partial charge is 0.490 e. The van der Waals surface area contributed by atoms with Crippen molar-refractivity contribution >= 4 is 5.78 Å². The van der Waals surface area contributed by atoms with Crippen LogP contribution in [0.5, 0.6) is 5.75 Å². The van der Waals surface area contributed by atoms with Crippen LogP contribution in [-0.4, -0.2) is 16.9 Å². The normalized spacial score (nSPS) is 18.0. The summed E-state index contributed by atoms with van der Waals surface area (Å²) in [7, 11) is 0. The molecule has 2 rings (SSSR count). The molecule has 1 unspecified atom stereocenters. The molecule has 1 aliphatic carbocycles. The Balaban J connectivity index is 2.01. The molecule has 122 valence electrons. The van der Waals surface area contributed by atoms with Gasteiger partial charge in [-0.3, -0.25) is 9.78 Å². The zero-order chi connectivity index (χ0) is 15.9. The van der Waals surface area contributed by atoms with Crippen LogP contribution in [0.4, 0.5) is 0 Å². The van der Waals surface area contributed by atoms with Gasteiger partial charge in [-0.2, -0.15) is 0 Å². The van der Waals surface area contributed by atoms with Crippen molar-refractivity contribution in [2.75, 3.05) is 0 Å². The molecule has 0 saturated heterocycles. The summed E-state index contributed by atoms with van der Waals surface area (Å²) < 4.78 is 6.15. The van der Waals surface area contributed by atoms with Gasteiger partial charge in [0, 0.05) is 23.9 Å². The van der Waals surface area contributed by atoms with E-state index in [1.807, 2.05) is 12.1 Å². The number of ketones is 1. The third kappa shape index (κ3) is 5.11. The van der Waals surface area contributed by atoms with Crippen molar-refractivity contribution in [2.45, 2.75) is 71.8 Å². The lowest BCUT2D eigenvalue weighted by Gasteiger charge is -2.19. The summed E-state index contributed by atoms with van der Waals surface area (Å²) in [5, 5.41) is 0. The van der Waals surface area contributed by atoms with Crippen molar-refractivity contribution in [3.63, 3.8) is 0 Å². The Morgan fingerprint density at radius 1 is 1.27 bits per heavy atom. The number of hydrogen-bond acceptors (Lipinski definition) is 3. The molecule has 1 saturated carbocycles. The van der Waals surface area contributed by atoms with Gasteiger partial charge in [0.05, 0.1) is 6.10 Å². The van der Waals surface area contributed by atoms with Crippen LogP contribution in [0.1, 0.15) is 65.0 Å². The Morgan fingerprint density at radius 3 is 2.55 bits per heavy atom. The molecule has 0 amide bonds. The van der Waals surface area contributed by atoms with Crippen molar-refractivity contribution in [1.29, 1.82) is 0 Å². The standard InChI is InChI=1S/C19H29NO2/c1-14(2)19(15(3)21)13-16-12-18(10-11-20-16)22-17-8-6-4-5-7-9-17/h10-12,14,17,19H,4-9,13H2,1-3H3. The highest BCUT2D eigenvalue weighted by molar-refractivity contribution is 5.78. The van der Waals surface area contributed by atoms with E-state index in [1.165, 1.54) is 25.7 Å². The second-order valence-electron chi connectivity index (χ2n) is 6.88. The molecular weight excluding hydrogens is 274 g/mol. The first-order valence-corrected chi connectivity index (χ1v) is 8.68. The molecule has 22 heavy (non-hydrogen) atoms. The first kappa shape index (κ1) is 17.0. The third-order valence-corrected chi connectivity index (χ3v) is 4.65. The molecule has 1 heterocycles. The van der Waals surface area contributed by atoms with Gasteiger partial charge >= 0.3 is 0 Å². The molecule has 0 spiro atoms. The molecule has 1 aliphatic rings. The fraction of sp³-hybridized carbons (Fsp3) is 0.684. The number of nitrogens with zero attached hydrogens (tertiary/aromatic N) is 1. The molecule has 0 bridgehead atoms. The average molecular weight is 303 g/mol. The summed E-state index contributed by atoms with van der Waals surface area (Å²) in [6, 6.07) is 3.95. The topological polar surface area (TPSA) is 39.2 Å². The maximum Gasteiger partial charge on any atom is 0.133 e. The van der Waals surface area contributed by atoms with Crippen LogP contribution < -0.4 is 4.74 Å².